The van der Waals surface area contributed by atoms with Crippen LogP contribution in [0.15, 0.2) is 24.3 Å². The highest BCUT2D eigenvalue weighted by Crippen LogP contribution is 2.25. The summed E-state index contributed by atoms with van der Waals surface area (Å²) in [7, 11) is 0. The Morgan fingerprint density at radius 2 is 2.29 bits per heavy atom. The van der Waals surface area contributed by atoms with Crippen LogP contribution in [0.5, 0.6) is 0 Å². The van der Waals surface area contributed by atoms with Gasteiger partial charge in [-0.15, -0.1) is 0 Å². The highest BCUT2D eigenvalue weighted by molar-refractivity contribution is 9.10. The summed E-state index contributed by atoms with van der Waals surface area (Å²) in [4.78, 5) is 13.1. The molecule has 4 heteroatoms. The van der Waals surface area contributed by atoms with Crippen molar-refractivity contribution in [2.24, 2.45) is 0 Å². The minimum Gasteiger partial charge on any atom is -0.311 e. The minimum atomic E-state index is -0.312. The van der Waals surface area contributed by atoms with Crippen molar-refractivity contribution in [3.63, 3.8) is 0 Å². The third kappa shape index (κ3) is 1.66. The zero-order valence-corrected chi connectivity index (χ0v) is 9.00. The predicted molar refractivity (Wildman–Crippen MR) is 56.1 cm³/mol. The van der Waals surface area contributed by atoms with Gasteiger partial charge in [-0.3, -0.25) is 4.79 Å². The summed E-state index contributed by atoms with van der Waals surface area (Å²) >= 11 is 3.27. The van der Waals surface area contributed by atoms with Crippen LogP contribution < -0.4 is 4.90 Å². The molecule has 1 aromatic carbocycles. The number of anilines is 1. The van der Waals surface area contributed by atoms with Gasteiger partial charge in [0.25, 0.3) is 0 Å². The second kappa shape index (κ2) is 3.69. The van der Waals surface area contributed by atoms with Crippen LogP contribution in [-0.2, 0) is 4.79 Å². The summed E-state index contributed by atoms with van der Waals surface area (Å²) in [6, 6.07) is 6.10. The van der Waals surface area contributed by atoms with Crippen molar-refractivity contribution < 1.29 is 9.18 Å². The van der Waals surface area contributed by atoms with Crippen molar-refractivity contribution in [1.82, 2.24) is 0 Å². The van der Waals surface area contributed by atoms with Gasteiger partial charge in [-0.05, 0) is 24.6 Å². The monoisotopic (exact) mass is 257 g/mol. The molecule has 0 aliphatic carbocycles. The van der Waals surface area contributed by atoms with Gasteiger partial charge in [-0.1, -0.05) is 22.0 Å². The van der Waals surface area contributed by atoms with Crippen LogP contribution >= 0.6 is 15.9 Å². The number of carbonyl (C=O) groups is 1. The molecule has 0 saturated carbocycles. The lowest BCUT2D eigenvalue weighted by molar-refractivity contribution is -0.116. The molecule has 1 amide bonds. The first-order valence-electron chi connectivity index (χ1n) is 4.39. The lowest BCUT2D eigenvalue weighted by Crippen LogP contribution is -2.26. The van der Waals surface area contributed by atoms with E-state index in [1.165, 1.54) is 12.1 Å². The zero-order valence-electron chi connectivity index (χ0n) is 7.41. The maximum atomic E-state index is 12.9. The van der Waals surface area contributed by atoms with Gasteiger partial charge in [0.2, 0.25) is 5.91 Å². The van der Waals surface area contributed by atoms with Crippen LogP contribution in [0.3, 0.4) is 0 Å². The summed E-state index contributed by atoms with van der Waals surface area (Å²) in [5.74, 6) is -0.302. The van der Waals surface area contributed by atoms with Crippen LogP contribution in [0.4, 0.5) is 10.1 Å². The van der Waals surface area contributed by atoms with E-state index in [9.17, 15) is 9.18 Å². The molecule has 0 spiro atoms. The quantitative estimate of drug-likeness (QED) is 0.708. The van der Waals surface area contributed by atoms with E-state index in [0.29, 0.717) is 12.2 Å². The molecule has 74 valence electrons. The fourth-order valence-corrected chi connectivity index (χ4v) is 2.00. The SMILES string of the molecule is O=C1[C@@H](Br)CCN1c1cccc(F)c1. The molecule has 0 bridgehead atoms. The van der Waals surface area contributed by atoms with Crippen LogP contribution in [0.25, 0.3) is 0 Å². The molecule has 0 N–H and O–H groups in total. The molecule has 1 heterocycles. The number of nitrogens with zero attached hydrogens (tertiary/aromatic N) is 1. The summed E-state index contributed by atoms with van der Waals surface area (Å²) in [6.45, 7) is 0.651. The Balaban J connectivity index is 2.28. The van der Waals surface area contributed by atoms with Gasteiger partial charge in [0.05, 0.1) is 4.83 Å². The highest BCUT2D eigenvalue weighted by Gasteiger charge is 2.30. The molecule has 0 unspecified atom stereocenters. The average molecular weight is 258 g/mol. The van der Waals surface area contributed by atoms with Crippen molar-refractivity contribution in [2.45, 2.75) is 11.2 Å². The second-order valence-corrected chi connectivity index (χ2v) is 4.33. The number of hydrogen-bond acceptors (Lipinski definition) is 1. The molecule has 0 aromatic heterocycles. The molecule has 1 aliphatic heterocycles. The van der Waals surface area contributed by atoms with Crippen molar-refractivity contribution in [2.75, 3.05) is 11.4 Å². The molecule has 1 saturated heterocycles. The van der Waals surface area contributed by atoms with Crippen LogP contribution in [-0.4, -0.2) is 17.3 Å². The first kappa shape index (κ1) is 9.65. The fraction of sp³-hybridized carbons (Fsp3) is 0.300. The molecule has 1 aromatic rings. The number of amides is 1. The average Bonchev–Trinajstić information content (AvgIpc) is 2.48. The lowest BCUT2D eigenvalue weighted by Gasteiger charge is -2.15. The summed E-state index contributed by atoms with van der Waals surface area (Å²) in [6.07, 6.45) is 0.773. The molecular weight excluding hydrogens is 249 g/mol. The van der Waals surface area contributed by atoms with Crippen molar-refractivity contribution in [3.8, 4) is 0 Å². The number of hydrogen-bond donors (Lipinski definition) is 0. The molecule has 14 heavy (non-hydrogen) atoms. The van der Waals surface area contributed by atoms with E-state index in [4.69, 9.17) is 0 Å². The third-order valence-corrected chi connectivity index (χ3v) is 3.11. The van der Waals surface area contributed by atoms with Crippen molar-refractivity contribution in [3.05, 3.63) is 30.1 Å². The van der Waals surface area contributed by atoms with Gasteiger partial charge in [0, 0.05) is 12.2 Å². The molecular formula is C10H9BrFNO. The van der Waals surface area contributed by atoms with Gasteiger partial charge in [-0.25, -0.2) is 4.39 Å². The number of alkyl halides is 1. The molecule has 1 atom stereocenters. The molecule has 2 rings (SSSR count). The highest BCUT2D eigenvalue weighted by atomic mass is 79.9. The molecule has 0 radical (unpaired) electrons. The Kier molecular flexibility index (Phi) is 2.54. The van der Waals surface area contributed by atoms with E-state index in [0.717, 1.165) is 6.42 Å². The van der Waals surface area contributed by atoms with Gasteiger partial charge in [0.15, 0.2) is 0 Å². The predicted octanol–water partition coefficient (Wildman–Crippen LogP) is 2.33. The topological polar surface area (TPSA) is 20.3 Å². The molecule has 1 aliphatic rings. The van der Waals surface area contributed by atoms with E-state index in [1.807, 2.05) is 0 Å². The van der Waals surface area contributed by atoms with Crippen LogP contribution in [0.1, 0.15) is 6.42 Å². The van der Waals surface area contributed by atoms with Gasteiger partial charge in [-0.2, -0.15) is 0 Å². The van der Waals surface area contributed by atoms with Gasteiger partial charge in [0.1, 0.15) is 5.82 Å². The standard InChI is InChI=1S/C10H9BrFNO/c11-9-4-5-13(10(9)14)8-3-1-2-7(12)6-8/h1-3,6,9H,4-5H2/t9-/m0/s1. The third-order valence-electron chi connectivity index (χ3n) is 2.26. The van der Waals surface area contributed by atoms with Crippen LogP contribution in [0.2, 0.25) is 0 Å². The van der Waals surface area contributed by atoms with E-state index in [-0.39, 0.29) is 16.6 Å². The Labute approximate surface area is 89.8 Å². The van der Waals surface area contributed by atoms with Crippen LogP contribution in [0, 0.1) is 5.82 Å². The first-order chi connectivity index (χ1) is 6.68. The fourth-order valence-electron chi connectivity index (χ4n) is 1.55. The maximum Gasteiger partial charge on any atom is 0.240 e. The van der Waals surface area contributed by atoms with E-state index >= 15 is 0 Å². The van der Waals surface area contributed by atoms with Gasteiger partial charge < -0.3 is 4.90 Å². The lowest BCUT2D eigenvalue weighted by atomic mass is 10.3. The molecule has 2 nitrogen and oxygen atoms in total. The number of halogens is 2. The zero-order chi connectivity index (χ0) is 10.1. The Hall–Kier alpha value is -0.900. The Bertz CT molecular complexity index is 369. The number of rotatable bonds is 1. The van der Waals surface area contributed by atoms with Gasteiger partial charge >= 0.3 is 0 Å². The van der Waals surface area contributed by atoms with E-state index in [1.54, 1.807) is 17.0 Å². The summed E-state index contributed by atoms with van der Waals surface area (Å²) in [5, 5.41) is 0. The molecule has 1 fully saturated rings. The Morgan fingerprint density at radius 1 is 1.50 bits per heavy atom. The Morgan fingerprint density at radius 3 is 2.86 bits per heavy atom. The summed E-state index contributed by atoms with van der Waals surface area (Å²) in [5.41, 5.74) is 0.636. The van der Waals surface area contributed by atoms with E-state index in [2.05, 4.69) is 15.9 Å². The number of benzene rings is 1. The number of carbonyl (C=O) groups excluding carboxylic acids is 1. The first-order valence-corrected chi connectivity index (χ1v) is 5.31. The smallest absolute Gasteiger partial charge is 0.240 e. The second-order valence-electron chi connectivity index (χ2n) is 3.23. The largest absolute Gasteiger partial charge is 0.311 e. The maximum absolute atomic E-state index is 12.9. The minimum absolute atomic E-state index is 0.00981. The van der Waals surface area contributed by atoms with Crippen molar-refractivity contribution in [1.29, 1.82) is 0 Å². The van der Waals surface area contributed by atoms with E-state index < -0.39 is 0 Å². The normalized spacial score (nSPS) is 21.7. The van der Waals surface area contributed by atoms with Crippen molar-refractivity contribution >= 4 is 27.5 Å². The summed E-state index contributed by atoms with van der Waals surface area (Å²) < 4.78 is 12.9.